The van der Waals surface area contributed by atoms with Crippen LogP contribution in [0, 0.1) is 0 Å². The molecule has 1 aromatic rings. The SMILES string of the molecule is CC(C)(C)OC(=O)N[C@H]1CC(=O)NC1c1ccc2c(c1)OCCO2. The van der Waals surface area contributed by atoms with E-state index in [0.717, 1.165) is 5.56 Å². The summed E-state index contributed by atoms with van der Waals surface area (Å²) in [6, 6.07) is 4.82. The Morgan fingerprint density at radius 3 is 2.67 bits per heavy atom. The molecule has 0 bridgehead atoms. The Bertz CT molecular complexity index is 653. The van der Waals surface area contributed by atoms with Crippen molar-refractivity contribution in [3.05, 3.63) is 23.8 Å². The Kier molecular flexibility index (Phi) is 4.26. The van der Waals surface area contributed by atoms with E-state index in [1.807, 2.05) is 18.2 Å². The van der Waals surface area contributed by atoms with Crippen LogP contribution in [0.5, 0.6) is 11.5 Å². The van der Waals surface area contributed by atoms with Crippen molar-refractivity contribution in [2.45, 2.75) is 44.9 Å². The van der Waals surface area contributed by atoms with E-state index in [9.17, 15) is 9.59 Å². The lowest BCUT2D eigenvalue weighted by Crippen LogP contribution is -2.41. The van der Waals surface area contributed by atoms with Crippen LogP contribution in [-0.2, 0) is 9.53 Å². The fourth-order valence-electron chi connectivity index (χ4n) is 2.81. The van der Waals surface area contributed by atoms with Crippen LogP contribution < -0.4 is 20.1 Å². The Morgan fingerprint density at radius 1 is 1.25 bits per heavy atom. The van der Waals surface area contributed by atoms with Gasteiger partial charge in [-0.25, -0.2) is 4.79 Å². The van der Waals surface area contributed by atoms with Crippen molar-refractivity contribution in [3.8, 4) is 11.5 Å². The van der Waals surface area contributed by atoms with Gasteiger partial charge in [0.05, 0.1) is 12.1 Å². The number of carbonyl (C=O) groups excluding carboxylic acids is 2. The molecule has 2 N–H and O–H groups in total. The second kappa shape index (κ2) is 6.22. The Hall–Kier alpha value is -2.44. The van der Waals surface area contributed by atoms with E-state index < -0.39 is 11.7 Å². The van der Waals surface area contributed by atoms with Crippen molar-refractivity contribution in [1.29, 1.82) is 0 Å². The van der Waals surface area contributed by atoms with Crippen LogP contribution >= 0.6 is 0 Å². The molecular formula is C17H22N2O5. The minimum atomic E-state index is -0.591. The lowest BCUT2D eigenvalue weighted by atomic mass is 10.0. The molecule has 7 heteroatoms. The van der Waals surface area contributed by atoms with Crippen molar-refractivity contribution in [2.24, 2.45) is 0 Å². The molecule has 0 saturated carbocycles. The van der Waals surface area contributed by atoms with E-state index in [-0.39, 0.29) is 24.4 Å². The fourth-order valence-corrected chi connectivity index (χ4v) is 2.81. The summed E-state index contributed by atoms with van der Waals surface area (Å²) in [5, 5.41) is 5.67. The zero-order valence-electron chi connectivity index (χ0n) is 14.0. The third kappa shape index (κ3) is 3.72. The topological polar surface area (TPSA) is 85.9 Å². The van der Waals surface area contributed by atoms with E-state index >= 15 is 0 Å². The van der Waals surface area contributed by atoms with Crippen LogP contribution in [0.3, 0.4) is 0 Å². The molecule has 2 aliphatic heterocycles. The number of nitrogens with one attached hydrogen (secondary N) is 2. The summed E-state index contributed by atoms with van der Waals surface area (Å²) in [5.74, 6) is 1.22. The van der Waals surface area contributed by atoms with Crippen LogP contribution in [0.1, 0.15) is 38.8 Å². The van der Waals surface area contributed by atoms with Gasteiger partial charge in [0.15, 0.2) is 11.5 Å². The fraction of sp³-hybridized carbons (Fsp3) is 0.529. The van der Waals surface area contributed by atoms with Crippen molar-refractivity contribution < 1.29 is 23.8 Å². The number of rotatable bonds is 2. The standard InChI is InChI=1S/C17H22N2O5/c1-17(2,3)24-16(21)18-11-9-14(20)19-15(11)10-4-5-12-13(8-10)23-7-6-22-12/h4-5,8,11,15H,6-7,9H2,1-3H3,(H,18,21)(H,19,20)/t11-,15?/m0/s1. The average Bonchev–Trinajstić information content (AvgIpc) is 2.85. The molecule has 2 heterocycles. The van der Waals surface area contributed by atoms with Crippen molar-refractivity contribution in [3.63, 3.8) is 0 Å². The first-order valence-corrected chi connectivity index (χ1v) is 8.00. The van der Waals surface area contributed by atoms with Gasteiger partial charge in [0.1, 0.15) is 18.8 Å². The Balaban J connectivity index is 1.75. The van der Waals surface area contributed by atoms with Gasteiger partial charge in [-0.15, -0.1) is 0 Å². The van der Waals surface area contributed by atoms with E-state index in [0.29, 0.717) is 24.7 Å². The van der Waals surface area contributed by atoms with Gasteiger partial charge in [-0.3, -0.25) is 4.79 Å². The number of alkyl carbamates (subject to hydrolysis) is 1. The summed E-state index contributed by atoms with van der Waals surface area (Å²) in [5.41, 5.74) is 0.262. The third-order valence-electron chi connectivity index (χ3n) is 3.75. The molecule has 1 saturated heterocycles. The maximum absolute atomic E-state index is 12.0. The van der Waals surface area contributed by atoms with E-state index in [4.69, 9.17) is 14.2 Å². The molecule has 2 amide bonds. The first kappa shape index (κ1) is 16.4. The Morgan fingerprint density at radius 2 is 1.96 bits per heavy atom. The van der Waals surface area contributed by atoms with Gasteiger partial charge in [-0.2, -0.15) is 0 Å². The highest BCUT2D eigenvalue weighted by Gasteiger charge is 2.36. The number of hydrogen-bond acceptors (Lipinski definition) is 5. The van der Waals surface area contributed by atoms with Gasteiger partial charge in [-0.1, -0.05) is 6.07 Å². The predicted octanol–water partition coefficient (Wildman–Crippen LogP) is 1.91. The Labute approximate surface area is 140 Å². The molecule has 3 rings (SSSR count). The smallest absolute Gasteiger partial charge is 0.407 e. The lowest BCUT2D eigenvalue weighted by Gasteiger charge is -2.25. The maximum atomic E-state index is 12.0. The molecule has 130 valence electrons. The lowest BCUT2D eigenvalue weighted by molar-refractivity contribution is -0.119. The van der Waals surface area contributed by atoms with Crippen LogP contribution in [0.2, 0.25) is 0 Å². The molecule has 0 aliphatic carbocycles. The second-order valence-electron chi connectivity index (χ2n) is 6.91. The maximum Gasteiger partial charge on any atom is 0.407 e. The minimum Gasteiger partial charge on any atom is -0.486 e. The number of fused-ring (bicyclic) bond motifs is 1. The summed E-state index contributed by atoms with van der Waals surface area (Å²) >= 11 is 0. The highest BCUT2D eigenvalue weighted by Crippen LogP contribution is 2.35. The zero-order chi connectivity index (χ0) is 17.3. The van der Waals surface area contributed by atoms with Gasteiger partial charge in [0.2, 0.25) is 5.91 Å². The molecule has 2 atom stereocenters. The highest BCUT2D eigenvalue weighted by atomic mass is 16.6. The summed E-state index contributed by atoms with van der Waals surface area (Å²) in [6.07, 6.45) is -0.329. The monoisotopic (exact) mass is 334 g/mol. The molecule has 0 aromatic heterocycles. The first-order chi connectivity index (χ1) is 11.3. The van der Waals surface area contributed by atoms with E-state index in [1.165, 1.54) is 0 Å². The van der Waals surface area contributed by atoms with Crippen LogP contribution in [0.15, 0.2) is 18.2 Å². The first-order valence-electron chi connectivity index (χ1n) is 8.00. The van der Waals surface area contributed by atoms with E-state index in [2.05, 4.69) is 10.6 Å². The summed E-state index contributed by atoms with van der Waals surface area (Å²) in [6.45, 7) is 6.40. The van der Waals surface area contributed by atoms with Crippen LogP contribution in [0.25, 0.3) is 0 Å². The molecule has 1 unspecified atom stereocenters. The van der Waals surface area contributed by atoms with Gasteiger partial charge >= 0.3 is 6.09 Å². The second-order valence-corrected chi connectivity index (χ2v) is 6.91. The normalized spacial score (nSPS) is 22.7. The molecule has 1 fully saturated rings. The number of hydrogen-bond donors (Lipinski definition) is 2. The molecule has 2 aliphatic rings. The predicted molar refractivity (Wildman–Crippen MR) is 86.1 cm³/mol. The summed E-state index contributed by atoms with van der Waals surface area (Å²) in [4.78, 5) is 23.8. The molecule has 24 heavy (non-hydrogen) atoms. The number of carbonyl (C=O) groups is 2. The van der Waals surface area contributed by atoms with Crippen molar-refractivity contribution >= 4 is 12.0 Å². The molecule has 0 radical (unpaired) electrons. The highest BCUT2D eigenvalue weighted by molar-refractivity contribution is 5.81. The largest absolute Gasteiger partial charge is 0.486 e. The quantitative estimate of drug-likeness (QED) is 0.863. The van der Waals surface area contributed by atoms with Gasteiger partial charge in [0.25, 0.3) is 0 Å². The molecule has 0 spiro atoms. The van der Waals surface area contributed by atoms with Crippen molar-refractivity contribution in [2.75, 3.05) is 13.2 Å². The van der Waals surface area contributed by atoms with E-state index in [1.54, 1.807) is 20.8 Å². The molecule has 1 aromatic carbocycles. The van der Waals surface area contributed by atoms with Gasteiger partial charge in [-0.05, 0) is 38.5 Å². The average molecular weight is 334 g/mol. The zero-order valence-corrected chi connectivity index (χ0v) is 14.0. The number of amides is 2. The summed E-state index contributed by atoms with van der Waals surface area (Å²) < 4.78 is 16.4. The number of benzene rings is 1. The third-order valence-corrected chi connectivity index (χ3v) is 3.75. The molecule has 7 nitrogen and oxygen atoms in total. The summed E-state index contributed by atoms with van der Waals surface area (Å²) in [7, 11) is 0. The minimum absolute atomic E-state index is 0.115. The van der Waals surface area contributed by atoms with Gasteiger partial charge < -0.3 is 24.8 Å². The molecular weight excluding hydrogens is 312 g/mol. The van der Waals surface area contributed by atoms with Gasteiger partial charge in [0, 0.05) is 6.42 Å². The van der Waals surface area contributed by atoms with Crippen LogP contribution in [-0.4, -0.2) is 36.9 Å². The van der Waals surface area contributed by atoms with Crippen LogP contribution in [0.4, 0.5) is 4.79 Å². The number of ether oxygens (including phenoxy) is 3. The van der Waals surface area contributed by atoms with Crippen molar-refractivity contribution in [1.82, 2.24) is 10.6 Å².